The molecule has 3 N–H and O–H groups in total. The van der Waals surface area contributed by atoms with Crippen LogP contribution in [0.3, 0.4) is 0 Å². The molecule has 0 bridgehead atoms. The maximum Gasteiger partial charge on any atom is 0.337 e. The number of methoxy groups -OCH3 is 1. The first-order valence-electron chi connectivity index (χ1n) is 6.73. The zero-order valence-corrected chi connectivity index (χ0v) is 11.8. The summed E-state index contributed by atoms with van der Waals surface area (Å²) >= 11 is 0. The Morgan fingerprint density at radius 1 is 1.35 bits per heavy atom. The average Bonchev–Trinajstić information content (AvgIpc) is 2.80. The Kier molecular flexibility index (Phi) is 4.09. The van der Waals surface area contributed by atoms with Gasteiger partial charge in [-0.05, 0) is 44.0 Å². The van der Waals surface area contributed by atoms with Crippen molar-refractivity contribution in [1.82, 2.24) is 0 Å². The number of nitrogens with two attached hydrogens (primary N) is 1. The normalized spacial score (nSPS) is 25.2. The first-order valence-corrected chi connectivity index (χ1v) is 6.73. The minimum Gasteiger partial charge on any atom is -0.465 e. The Hall–Kier alpha value is -1.88. The number of rotatable bonds is 3. The van der Waals surface area contributed by atoms with Gasteiger partial charge in [-0.1, -0.05) is 6.42 Å². The Morgan fingerprint density at radius 2 is 2.00 bits per heavy atom. The van der Waals surface area contributed by atoms with Gasteiger partial charge < -0.3 is 15.8 Å². The number of anilines is 1. The van der Waals surface area contributed by atoms with Crippen molar-refractivity contribution in [2.24, 2.45) is 11.1 Å². The number of amides is 1. The van der Waals surface area contributed by atoms with Crippen LogP contribution >= 0.6 is 0 Å². The second kappa shape index (κ2) is 5.63. The van der Waals surface area contributed by atoms with E-state index in [1.54, 1.807) is 24.3 Å². The minimum atomic E-state index is -0.513. The van der Waals surface area contributed by atoms with Crippen LogP contribution in [0.25, 0.3) is 0 Å². The van der Waals surface area contributed by atoms with Crippen LogP contribution in [0.15, 0.2) is 24.3 Å². The Balaban J connectivity index is 2.07. The van der Waals surface area contributed by atoms with E-state index in [0.29, 0.717) is 11.3 Å². The van der Waals surface area contributed by atoms with Crippen molar-refractivity contribution in [3.05, 3.63) is 29.8 Å². The van der Waals surface area contributed by atoms with E-state index in [1.165, 1.54) is 7.11 Å². The first kappa shape index (κ1) is 14.5. The summed E-state index contributed by atoms with van der Waals surface area (Å²) in [6.45, 7) is 1.91. The summed E-state index contributed by atoms with van der Waals surface area (Å²) in [7, 11) is 1.33. The van der Waals surface area contributed by atoms with Crippen molar-refractivity contribution in [2.75, 3.05) is 12.4 Å². The summed E-state index contributed by atoms with van der Waals surface area (Å²) in [6.07, 6.45) is 2.66. The van der Waals surface area contributed by atoms with Gasteiger partial charge in [0.05, 0.1) is 18.1 Å². The monoisotopic (exact) mass is 276 g/mol. The van der Waals surface area contributed by atoms with Gasteiger partial charge in [-0.2, -0.15) is 0 Å². The molecule has 0 spiro atoms. The number of esters is 1. The highest BCUT2D eigenvalue weighted by atomic mass is 16.5. The molecule has 20 heavy (non-hydrogen) atoms. The predicted molar refractivity (Wildman–Crippen MR) is 76.3 cm³/mol. The minimum absolute atomic E-state index is 0.0617. The van der Waals surface area contributed by atoms with E-state index in [-0.39, 0.29) is 11.9 Å². The van der Waals surface area contributed by atoms with Crippen LogP contribution in [-0.2, 0) is 9.53 Å². The number of carbonyl (C=O) groups is 2. The van der Waals surface area contributed by atoms with Gasteiger partial charge in [-0.15, -0.1) is 0 Å². The molecular formula is C15H20N2O3. The van der Waals surface area contributed by atoms with Gasteiger partial charge in [0.2, 0.25) is 5.91 Å². The van der Waals surface area contributed by atoms with E-state index in [1.807, 2.05) is 6.92 Å². The molecule has 1 aliphatic rings. The van der Waals surface area contributed by atoms with Crippen LogP contribution < -0.4 is 11.1 Å². The third-order valence-electron chi connectivity index (χ3n) is 4.11. The van der Waals surface area contributed by atoms with Gasteiger partial charge in [0.1, 0.15) is 0 Å². The maximum absolute atomic E-state index is 12.3. The maximum atomic E-state index is 12.3. The zero-order valence-electron chi connectivity index (χ0n) is 11.8. The molecule has 2 unspecified atom stereocenters. The average molecular weight is 276 g/mol. The van der Waals surface area contributed by atoms with Crippen molar-refractivity contribution in [2.45, 2.75) is 32.2 Å². The summed E-state index contributed by atoms with van der Waals surface area (Å²) in [4.78, 5) is 23.7. The molecule has 2 rings (SSSR count). The second-order valence-corrected chi connectivity index (χ2v) is 5.44. The molecule has 2 atom stereocenters. The lowest BCUT2D eigenvalue weighted by molar-refractivity contribution is -0.125. The molecule has 1 aromatic carbocycles. The third-order valence-corrected chi connectivity index (χ3v) is 4.11. The molecule has 1 fully saturated rings. The molecule has 0 aromatic heterocycles. The van der Waals surface area contributed by atoms with Crippen molar-refractivity contribution >= 4 is 17.6 Å². The van der Waals surface area contributed by atoms with Crippen LogP contribution in [0.1, 0.15) is 36.5 Å². The fourth-order valence-electron chi connectivity index (χ4n) is 2.56. The number of nitrogens with one attached hydrogen (secondary N) is 1. The van der Waals surface area contributed by atoms with E-state index in [4.69, 9.17) is 5.73 Å². The SMILES string of the molecule is COC(=O)c1ccc(NC(=O)C2(C)CCCC2N)cc1. The number of ether oxygens (including phenoxy) is 1. The first-order chi connectivity index (χ1) is 9.47. The summed E-state index contributed by atoms with van der Waals surface area (Å²) < 4.78 is 4.63. The quantitative estimate of drug-likeness (QED) is 0.826. The molecule has 0 aliphatic heterocycles. The Labute approximate surface area is 118 Å². The van der Waals surface area contributed by atoms with Crippen LogP contribution in [0, 0.1) is 5.41 Å². The molecule has 0 heterocycles. The van der Waals surface area contributed by atoms with Gasteiger partial charge >= 0.3 is 5.97 Å². The topological polar surface area (TPSA) is 81.4 Å². The molecule has 5 nitrogen and oxygen atoms in total. The van der Waals surface area contributed by atoms with Gasteiger partial charge in [0.15, 0.2) is 0 Å². The molecule has 0 radical (unpaired) electrons. The molecule has 1 saturated carbocycles. The van der Waals surface area contributed by atoms with E-state index >= 15 is 0 Å². The largest absolute Gasteiger partial charge is 0.465 e. The van der Waals surface area contributed by atoms with Gasteiger partial charge in [-0.25, -0.2) is 4.79 Å². The summed E-state index contributed by atoms with van der Waals surface area (Å²) in [5, 5.41) is 2.87. The highest BCUT2D eigenvalue weighted by molar-refractivity contribution is 5.96. The highest BCUT2D eigenvalue weighted by Gasteiger charge is 2.42. The van der Waals surface area contributed by atoms with E-state index in [0.717, 1.165) is 19.3 Å². The van der Waals surface area contributed by atoms with Crippen LogP contribution in [0.5, 0.6) is 0 Å². The molecule has 0 saturated heterocycles. The fraction of sp³-hybridized carbons (Fsp3) is 0.467. The summed E-state index contributed by atoms with van der Waals surface area (Å²) in [6, 6.07) is 6.52. The highest BCUT2D eigenvalue weighted by Crippen LogP contribution is 2.37. The lowest BCUT2D eigenvalue weighted by atomic mass is 9.84. The predicted octanol–water partition coefficient (Wildman–Crippen LogP) is 1.93. The Bertz CT molecular complexity index is 512. The molecule has 1 aliphatic carbocycles. The van der Waals surface area contributed by atoms with Crippen LogP contribution in [0.2, 0.25) is 0 Å². The van der Waals surface area contributed by atoms with Crippen molar-refractivity contribution in [3.63, 3.8) is 0 Å². The lowest BCUT2D eigenvalue weighted by Gasteiger charge is -2.27. The molecule has 108 valence electrons. The van der Waals surface area contributed by atoms with Gasteiger partial charge in [0.25, 0.3) is 0 Å². The van der Waals surface area contributed by atoms with E-state index in [9.17, 15) is 9.59 Å². The van der Waals surface area contributed by atoms with Crippen LogP contribution in [-0.4, -0.2) is 25.0 Å². The van der Waals surface area contributed by atoms with Crippen molar-refractivity contribution < 1.29 is 14.3 Å². The standard InChI is InChI=1S/C15H20N2O3/c1-15(9-3-4-12(15)16)14(19)17-11-7-5-10(6-8-11)13(18)20-2/h5-8,12H,3-4,9,16H2,1-2H3,(H,17,19). The lowest BCUT2D eigenvalue weighted by Crippen LogP contribution is -2.44. The third kappa shape index (κ3) is 2.67. The van der Waals surface area contributed by atoms with Crippen molar-refractivity contribution in [1.29, 1.82) is 0 Å². The number of carbonyl (C=O) groups excluding carboxylic acids is 2. The Morgan fingerprint density at radius 3 is 2.50 bits per heavy atom. The summed E-state index contributed by atoms with van der Waals surface area (Å²) in [5.74, 6) is -0.457. The number of benzene rings is 1. The summed E-state index contributed by atoms with van der Waals surface area (Å²) in [5.41, 5.74) is 6.62. The number of hydrogen-bond donors (Lipinski definition) is 2. The fourth-order valence-corrected chi connectivity index (χ4v) is 2.56. The van der Waals surface area contributed by atoms with E-state index < -0.39 is 11.4 Å². The molecular weight excluding hydrogens is 256 g/mol. The van der Waals surface area contributed by atoms with Gasteiger partial charge in [0, 0.05) is 11.7 Å². The number of hydrogen-bond acceptors (Lipinski definition) is 4. The zero-order chi connectivity index (χ0) is 14.8. The second-order valence-electron chi connectivity index (χ2n) is 5.44. The molecule has 1 amide bonds. The van der Waals surface area contributed by atoms with E-state index in [2.05, 4.69) is 10.1 Å². The van der Waals surface area contributed by atoms with Gasteiger partial charge in [-0.3, -0.25) is 4.79 Å². The van der Waals surface area contributed by atoms with Crippen molar-refractivity contribution in [3.8, 4) is 0 Å². The molecule has 5 heteroatoms. The molecule has 1 aromatic rings. The van der Waals surface area contributed by atoms with Crippen LogP contribution in [0.4, 0.5) is 5.69 Å². The smallest absolute Gasteiger partial charge is 0.337 e.